The quantitative estimate of drug-likeness (QED) is 0.671. The van der Waals surface area contributed by atoms with E-state index in [1.165, 1.54) is 19.1 Å². The van der Waals surface area contributed by atoms with Crippen LogP contribution in [0.2, 0.25) is 0 Å². The van der Waals surface area contributed by atoms with E-state index < -0.39 is 27.9 Å². The molecule has 0 aliphatic heterocycles. The van der Waals surface area contributed by atoms with E-state index in [-0.39, 0.29) is 12.3 Å². The van der Waals surface area contributed by atoms with Crippen LogP contribution in [0.3, 0.4) is 0 Å². The molecule has 0 aliphatic rings. The Hall–Kier alpha value is -1.93. The SMILES string of the molecule is CCS(=O)(=O)NCc1ccc(C(=O)N[C@H](C)C(=O)O)cc1. The molecule has 0 saturated carbocycles. The minimum Gasteiger partial charge on any atom is -0.480 e. The fraction of sp³-hybridized carbons (Fsp3) is 0.385. The van der Waals surface area contributed by atoms with Crippen LogP contribution in [0, 0.1) is 0 Å². The van der Waals surface area contributed by atoms with Gasteiger partial charge in [0.1, 0.15) is 6.04 Å². The smallest absolute Gasteiger partial charge is 0.325 e. The maximum Gasteiger partial charge on any atom is 0.325 e. The second-order valence-corrected chi connectivity index (χ2v) is 6.55. The van der Waals surface area contributed by atoms with Crippen LogP contribution < -0.4 is 10.0 Å². The van der Waals surface area contributed by atoms with Crippen LogP contribution >= 0.6 is 0 Å². The highest BCUT2D eigenvalue weighted by molar-refractivity contribution is 7.89. The molecule has 0 bridgehead atoms. The van der Waals surface area contributed by atoms with E-state index in [0.29, 0.717) is 11.1 Å². The molecule has 0 radical (unpaired) electrons. The molecule has 8 heteroatoms. The Balaban J connectivity index is 2.66. The molecule has 0 aromatic heterocycles. The molecule has 1 amide bonds. The molecule has 0 spiro atoms. The molecule has 21 heavy (non-hydrogen) atoms. The molecule has 0 unspecified atom stereocenters. The summed E-state index contributed by atoms with van der Waals surface area (Å²) in [6.45, 7) is 3.05. The summed E-state index contributed by atoms with van der Waals surface area (Å²) in [5.41, 5.74) is 1.01. The van der Waals surface area contributed by atoms with Crippen molar-refractivity contribution in [3.8, 4) is 0 Å². The lowest BCUT2D eigenvalue weighted by atomic mass is 10.1. The van der Waals surface area contributed by atoms with Gasteiger partial charge in [-0.1, -0.05) is 12.1 Å². The van der Waals surface area contributed by atoms with Crippen molar-refractivity contribution in [2.75, 3.05) is 5.75 Å². The van der Waals surface area contributed by atoms with Gasteiger partial charge in [-0.15, -0.1) is 0 Å². The Bertz CT molecular complexity index is 610. The number of sulfonamides is 1. The first-order valence-corrected chi connectivity index (χ1v) is 8.00. The number of nitrogens with one attached hydrogen (secondary N) is 2. The third-order valence-electron chi connectivity index (χ3n) is 2.81. The number of carbonyl (C=O) groups is 2. The molecule has 3 N–H and O–H groups in total. The van der Waals surface area contributed by atoms with E-state index in [2.05, 4.69) is 10.0 Å². The lowest BCUT2D eigenvalue weighted by Crippen LogP contribution is -2.38. The van der Waals surface area contributed by atoms with Crippen LogP contribution in [0.25, 0.3) is 0 Å². The van der Waals surface area contributed by atoms with E-state index >= 15 is 0 Å². The maximum atomic E-state index is 11.7. The fourth-order valence-corrected chi connectivity index (χ4v) is 2.00. The highest BCUT2D eigenvalue weighted by Crippen LogP contribution is 2.05. The highest BCUT2D eigenvalue weighted by Gasteiger charge is 2.15. The van der Waals surface area contributed by atoms with Gasteiger partial charge in [0.15, 0.2) is 0 Å². The number of carboxylic acids is 1. The van der Waals surface area contributed by atoms with Gasteiger partial charge in [-0.3, -0.25) is 9.59 Å². The van der Waals surface area contributed by atoms with Gasteiger partial charge in [0.2, 0.25) is 10.0 Å². The van der Waals surface area contributed by atoms with Crippen LogP contribution in [-0.4, -0.2) is 37.2 Å². The van der Waals surface area contributed by atoms with E-state index in [4.69, 9.17) is 5.11 Å². The Kier molecular flexibility index (Phi) is 5.86. The lowest BCUT2D eigenvalue weighted by Gasteiger charge is -2.10. The largest absolute Gasteiger partial charge is 0.480 e. The topological polar surface area (TPSA) is 113 Å². The van der Waals surface area contributed by atoms with E-state index in [1.807, 2.05) is 0 Å². The van der Waals surface area contributed by atoms with E-state index in [1.54, 1.807) is 19.1 Å². The first kappa shape index (κ1) is 17.1. The third-order valence-corrected chi connectivity index (χ3v) is 4.15. The highest BCUT2D eigenvalue weighted by atomic mass is 32.2. The maximum absolute atomic E-state index is 11.7. The predicted molar refractivity (Wildman–Crippen MR) is 77.3 cm³/mol. The van der Waals surface area contributed by atoms with Crippen LogP contribution in [0.1, 0.15) is 29.8 Å². The van der Waals surface area contributed by atoms with Crippen LogP contribution in [-0.2, 0) is 21.4 Å². The first-order valence-electron chi connectivity index (χ1n) is 6.35. The number of aliphatic carboxylic acids is 1. The summed E-state index contributed by atoms with van der Waals surface area (Å²) in [7, 11) is -3.26. The van der Waals surface area contributed by atoms with Gasteiger partial charge in [0, 0.05) is 12.1 Å². The van der Waals surface area contributed by atoms with Crippen molar-refractivity contribution >= 4 is 21.9 Å². The molecule has 1 aromatic carbocycles. The summed E-state index contributed by atoms with van der Waals surface area (Å²) in [5, 5.41) is 11.0. The zero-order chi connectivity index (χ0) is 16.0. The average Bonchev–Trinajstić information content (AvgIpc) is 2.45. The minimum atomic E-state index is -3.26. The number of hydrogen-bond donors (Lipinski definition) is 3. The van der Waals surface area contributed by atoms with E-state index in [0.717, 1.165) is 0 Å². The number of amides is 1. The van der Waals surface area contributed by atoms with Gasteiger partial charge in [-0.2, -0.15) is 0 Å². The predicted octanol–water partition coefficient (Wildman–Crippen LogP) is 0.329. The molecule has 1 rings (SSSR count). The summed E-state index contributed by atoms with van der Waals surface area (Å²) in [6.07, 6.45) is 0. The second kappa shape index (κ2) is 7.19. The Morgan fingerprint density at radius 3 is 2.29 bits per heavy atom. The third kappa shape index (κ3) is 5.52. The first-order chi connectivity index (χ1) is 9.75. The van der Waals surface area contributed by atoms with Gasteiger partial charge in [0.05, 0.1) is 5.75 Å². The molecule has 0 saturated heterocycles. The zero-order valence-corrected chi connectivity index (χ0v) is 12.6. The van der Waals surface area contributed by atoms with Crippen molar-refractivity contribution in [1.82, 2.24) is 10.0 Å². The lowest BCUT2D eigenvalue weighted by molar-refractivity contribution is -0.138. The van der Waals surface area contributed by atoms with Crippen molar-refractivity contribution in [2.24, 2.45) is 0 Å². The number of hydrogen-bond acceptors (Lipinski definition) is 4. The molecule has 7 nitrogen and oxygen atoms in total. The summed E-state index contributed by atoms with van der Waals surface area (Å²) >= 11 is 0. The molecule has 0 heterocycles. The number of rotatable bonds is 7. The van der Waals surface area contributed by atoms with Crippen molar-refractivity contribution in [3.63, 3.8) is 0 Å². The van der Waals surface area contributed by atoms with Gasteiger partial charge in [0.25, 0.3) is 5.91 Å². The van der Waals surface area contributed by atoms with Gasteiger partial charge in [-0.25, -0.2) is 13.1 Å². The van der Waals surface area contributed by atoms with Crippen LogP contribution in [0.5, 0.6) is 0 Å². The summed E-state index contributed by atoms with van der Waals surface area (Å²) in [4.78, 5) is 22.4. The van der Waals surface area contributed by atoms with Crippen LogP contribution in [0.15, 0.2) is 24.3 Å². The molecule has 1 aromatic rings. The number of carbonyl (C=O) groups excluding carboxylic acids is 1. The molecule has 0 fully saturated rings. The Morgan fingerprint density at radius 1 is 1.24 bits per heavy atom. The monoisotopic (exact) mass is 314 g/mol. The fourth-order valence-electron chi connectivity index (χ4n) is 1.41. The second-order valence-electron chi connectivity index (χ2n) is 4.45. The van der Waals surface area contributed by atoms with Gasteiger partial charge < -0.3 is 10.4 Å². The van der Waals surface area contributed by atoms with E-state index in [9.17, 15) is 18.0 Å². The van der Waals surface area contributed by atoms with Crippen LogP contribution in [0.4, 0.5) is 0 Å². The molecule has 116 valence electrons. The Morgan fingerprint density at radius 2 is 1.81 bits per heavy atom. The summed E-state index contributed by atoms with van der Waals surface area (Å²) < 4.78 is 25.0. The number of benzene rings is 1. The summed E-state index contributed by atoms with van der Waals surface area (Å²) in [5.74, 6) is -1.61. The van der Waals surface area contributed by atoms with Gasteiger partial charge in [-0.05, 0) is 31.5 Å². The van der Waals surface area contributed by atoms with Crippen molar-refractivity contribution in [3.05, 3.63) is 35.4 Å². The summed E-state index contributed by atoms with van der Waals surface area (Å²) in [6, 6.07) is 5.27. The molecule has 0 aliphatic carbocycles. The molecule has 1 atom stereocenters. The molecular weight excluding hydrogens is 296 g/mol. The van der Waals surface area contributed by atoms with Crippen molar-refractivity contribution in [1.29, 1.82) is 0 Å². The molecular formula is C13H18N2O5S. The van der Waals surface area contributed by atoms with Gasteiger partial charge >= 0.3 is 5.97 Å². The minimum absolute atomic E-state index is 0.000562. The standard InChI is InChI=1S/C13H18N2O5S/c1-3-21(19,20)14-8-10-4-6-11(7-5-10)12(16)15-9(2)13(17)18/h4-7,9,14H,3,8H2,1-2H3,(H,15,16)(H,17,18)/t9-/m1/s1. The van der Waals surface area contributed by atoms with Crippen molar-refractivity contribution in [2.45, 2.75) is 26.4 Å². The van der Waals surface area contributed by atoms with Crippen molar-refractivity contribution < 1.29 is 23.1 Å². The Labute approximate surface area is 123 Å². The number of carboxylic acid groups (broad SMARTS) is 1. The zero-order valence-electron chi connectivity index (χ0n) is 11.8. The normalized spacial score (nSPS) is 12.7. The average molecular weight is 314 g/mol.